The van der Waals surface area contributed by atoms with Crippen LogP contribution >= 0.6 is 0 Å². The number of hydrogen-bond donors (Lipinski definition) is 1. The third kappa shape index (κ3) is 5.11. The van der Waals surface area contributed by atoms with Crippen LogP contribution in [0.5, 0.6) is 0 Å². The summed E-state index contributed by atoms with van der Waals surface area (Å²) < 4.78 is 69.4. The van der Waals surface area contributed by atoms with E-state index in [1.165, 1.54) is 24.3 Å². The van der Waals surface area contributed by atoms with Crippen LogP contribution in [0.15, 0.2) is 42.5 Å². The van der Waals surface area contributed by atoms with Gasteiger partial charge in [-0.1, -0.05) is 43.7 Å². The van der Waals surface area contributed by atoms with E-state index in [1.54, 1.807) is 18.2 Å². The predicted molar refractivity (Wildman–Crippen MR) is 148 cm³/mol. The van der Waals surface area contributed by atoms with E-state index in [9.17, 15) is 36.6 Å². The maximum atomic E-state index is 15.0. The van der Waals surface area contributed by atoms with E-state index in [0.29, 0.717) is 76.8 Å². The molecule has 0 bridgehead atoms. The van der Waals surface area contributed by atoms with Crippen LogP contribution in [0.1, 0.15) is 87.5 Å². The van der Waals surface area contributed by atoms with E-state index in [0.717, 1.165) is 17.5 Å². The van der Waals surface area contributed by atoms with Crippen molar-refractivity contribution in [1.29, 1.82) is 0 Å². The number of carbonyl (C=O) groups excluding carboxylic acids is 1. The minimum atomic E-state index is -5.06. The molecule has 3 atom stereocenters. The van der Waals surface area contributed by atoms with Gasteiger partial charge in [0.2, 0.25) is 11.6 Å². The van der Waals surface area contributed by atoms with E-state index in [-0.39, 0.29) is 17.8 Å². The van der Waals surface area contributed by atoms with E-state index >= 15 is 0 Å². The van der Waals surface area contributed by atoms with Crippen LogP contribution in [-0.2, 0) is 33.5 Å². The lowest BCUT2D eigenvalue weighted by Crippen LogP contribution is -2.53. The molecule has 1 heterocycles. The summed E-state index contributed by atoms with van der Waals surface area (Å²) in [4.78, 5) is 28.0. The molecule has 9 heteroatoms. The second kappa shape index (κ2) is 10.9. The monoisotopic (exact) mass is 591 g/mol. The highest BCUT2D eigenvalue weighted by Crippen LogP contribution is 2.53. The minimum absolute atomic E-state index is 0.0349. The Morgan fingerprint density at radius 1 is 1.00 bits per heavy atom. The normalized spacial score (nSPS) is 29.0. The number of carboxylic acid groups (broad SMARTS) is 1. The van der Waals surface area contributed by atoms with Gasteiger partial charge in [-0.05, 0) is 99.1 Å². The van der Waals surface area contributed by atoms with Crippen molar-refractivity contribution < 1.29 is 36.6 Å². The van der Waals surface area contributed by atoms with Crippen LogP contribution in [0.2, 0.25) is 0 Å². The largest absolute Gasteiger partial charge is 0.481 e. The molecule has 0 aromatic heterocycles. The molecule has 1 unspecified atom stereocenters. The first-order valence-electron chi connectivity index (χ1n) is 14.9. The van der Waals surface area contributed by atoms with Gasteiger partial charge < -0.3 is 10.0 Å². The second-order valence-corrected chi connectivity index (χ2v) is 12.8. The van der Waals surface area contributed by atoms with Crippen LogP contribution < -0.4 is 0 Å². The molecule has 5 rings (SSSR count). The van der Waals surface area contributed by atoms with Crippen molar-refractivity contribution >= 4 is 11.9 Å². The van der Waals surface area contributed by atoms with Crippen LogP contribution in [0, 0.1) is 17.2 Å². The number of aryl methyl sites for hydroxylation is 1. The fourth-order valence-electron chi connectivity index (χ4n) is 8.00. The Labute approximate surface area is 243 Å². The molecule has 4 nitrogen and oxygen atoms in total. The lowest BCUT2D eigenvalue weighted by Gasteiger charge is -2.47. The molecule has 3 aliphatic rings. The summed E-state index contributed by atoms with van der Waals surface area (Å²) in [5.41, 5.74) is -2.88. The van der Waals surface area contributed by atoms with Gasteiger partial charge in [-0.25, -0.2) is 8.78 Å². The third-order valence-corrected chi connectivity index (χ3v) is 10.4. The summed E-state index contributed by atoms with van der Waals surface area (Å²) in [7, 11) is 0. The fourth-order valence-corrected chi connectivity index (χ4v) is 8.00. The van der Waals surface area contributed by atoms with Gasteiger partial charge in [-0.15, -0.1) is 0 Å². The quantitative estimate of drug-likeness (QED) is 0.337. The third-order valence-electron chi connectivity index (χ3n) is 10.4. The van der Waals surface area contributed by atoms with Gasteiger partial charge >= 0.3 is 12.1 Å². The summed E-state index contributed by atoms with van der Waals surface area (Å²) in [6.07, 6.45) is 0.259. The first-order valence-corrected chi connectivity index (χ1v) is 14.9. The molecule has 1 amide bonds. The maximum absolute atomic E-state index is 15.0. The van der Waals surface area contributed by atoms with Crippen molar-refractivity contribution in [3.05, 3.63) is 70.5 Å². The first kappa shape index (κ1) is 30.5. The van der Waals surface area contributed by atoms with Crippen molar-refractivity contribution in [1.82, 2.24) is 4.90 Å². The topological polar surface area (TPSA) is 57.6 Å². The van der Waals surface area contributed by atoms with Gasteiger partial charge in [-0.2, -0.15) is 13.2 Å². The van der Waals surface area contributed by atoms with Gasteiger partial charge in [0.05, 0.1) is 5.92 Å². The number of fused-ring (bicyclic) bond motifs is 3. The number of carboxylic acids is 1. The molecule has 2 aromatic carbocycles. The van der Waals surface area contributed by atoms with Crippen molar-refractivity contribution in [3.63, 3.8) is 0 Å². The highest BCUT2D eigenvalue weighted by Gasteiger charge is 2.57. The Balaban J connectivity index is 1.54. The van der Waals surface area contributed by atoms with E-state index in [1.807, 2.05) is 11.8 Å². The zero-order chi connectivity index (χ0) is 30.5. The number of amides is 1. The molecule has 2 aliphatic carbocycles. The lowest BCUT2D eigenvalue weighted by atomic mass is 9.63. The average Bonchev–Trinajstić information content (AvgIpc) is 3.32. The number of halogens is 5. The number of nitrogens with zero attached hydrogens (tertiary/aromatic N) is 1. The number of benzene rings is 2. The number of alkyl halides is 4. The second-order valence-electron chi connectivity index (χ2n) is 12.8. The molecular formula is C33H38F5NO3. The fraction of sp³-hybridized carbons (Fsp3) is 0.576. The minimum Gasteiger partial charge on any atom is -0.481 e. The zero-order valence-corrected chi connectivity index (χ0v) is 24.1. The molecule has 1 aliphatic heterocycles. The standard InChI is InChI=1S/C33H38F5NO3/c1-3-14-31(15-12-22(13-16-31)28(40)41)29(42)39-18-17-32(20-21-4-8-25(34)9-5-21)26-10-7-24(30(2,35)33(36,37)38)19-23(26)6-11-27(32)39/h4-5,7-10,19,22,27H,3,6,11-18,20H2,1-2H3,(H,40,41)/t22-,27-,30?,31-,32-/m1/s1. The Morgan fingerprint density at radius 3 is 2.26 bits per heavy atom. The molecule has 2 aromatic rings. The summed E-state index contributed by atoms with van der Waals surface area (Å²) in [6, 6.07) is 10.1. The van der Waals surface area contributed by atoms with E-state index in [4.69, 9.17) is 0 Å². The first-order chi connectivity index (χ1) is 19.7. The molecule has 228 valence electrons. The Bertz CT molecular complexity index is 1330. The summed E-state index contributed by atoms with van der Waals surface area (Å²) >= 11 is 0. The van der Waals surface area contributed by atoms with Gasteiger partial charge in [0.1, 0.15) is 5.82 Å². The lowest BCUT2D eigenvalue weighted by molar-refractivity contribution is -0.228. The van der Waals surface area contributed by atoms with Crippen LogP contribution in [0.25, 0.3) is 0 Å². The average molecular weight is 592 g/mol. The van der Waals surface area contributed by atoms with Crippen molar-refractivity contribution in [2.75, 3.05) is 6.54 Å². The summed E-state index contributed by atoms with van der Waals surface area (Å²) in [5, 5.41) is 9.54. The number of aliphatic carboxylic acids is 1. The highest BCUT2D eigenvalue weighted by atomic mass is 19.4. The van der Waals surface area contributed by atoms with Gasteiger partial charge in [0, 0.05) is 23.4 Å². The molecule has 1 saturated carbocycles. The molecule has 2 fully saturated rings. The Kier molecular flexibility index (Phi) is 7.94. The molecular weight excluding hydrogens is 553 g/mol. The molecule has 1 N–H and O–H groups in total. The van der Waals surface area contributed by atoms with Crippen molar-refractivity contribution in [3.8, 4) is 0 Å². The van der Waals surface area contributed by atoms with Crippen LogP contribution in [0.3, 0.4) is 0 Å². The zero-order valence-electron chi connectivity index (χ0n) is 24.1. The molecule has 42 heavy (non-hydrogen) atoms. The van der Waals surface area contributed by atoms with E-state index < -0.39 is 40.1 Å². The number of carbonyl (C=O) groups is 2. The number of hydrogen-bond acceptors (Lipinski definition) is 2. The highest BCUT2D eigenvalue weighted by molar-refractivity contribution is 5.84. The van der Waals surface area contributed by atoms with Gasteiger partial charge in [0.25, 0.3) is 0 Å². The summed E-state index contributed by atoms with van der Waals surface area (Å²) in [6.45, 7) is 3.02. The summed E-state index contributed by atoms with van der Waals surface area (Å²) in [5.74, 6) is -1.62. The maximum Gasteiger partial charge on any atom is 0.426 e. The predicted octanol–water partition coefficient (Wildman–Crippen LogP) is 7.66. The smallest absolute Gasteiger partial charge is 0.426 e. The van der Waals surface area contributed by atoms with Crippen LogP contribution in [0.4, 0.5) is 22.0 Å². The Morgan fingerprint density at radius 2 is 1.67 bits per heavy atom. The Hall–Kier alpha value is -2.97. The van der Waals surface area contributed by atoms with Gasteiger partial charge in [-0.3, -0.25) is 9.59 Å². The van der Waals surface area contributed by atoms with E-state index in [2.05, 4.69) is 0 Å². The van der Waals surface area contributed by atoms with Gasteiger partial charge in [0.15, 0.2) is 0 Å². The van der Waals surface area contributed by atoms with Crippen LogP contribution in [-0.4, -0.2) is 40.6 Å². The molecule has 0 spiro atoms. The molecule has 1 saturated heterocycles. The van der Waals surface area contributed by atoms with Crippen molar-refractivity contribution in [2.45, 2.75) is 101 Å². The SMILES string of the molecule is CCC[C@]1(C(=O)N2CC[C@@]3(Cc4ccc(F)cc4)c4ccc(C(C)(F)C(F)(F)F)cc4CC[C@@H]23)CC[C@H](C(=O)O)CC1. The number of likely N-dealkylation sites (tertiary alicyclic amines) is 1. The molecule has 0 radical (unpaired) electrons. The number of rotatable bonds is 7. The van der Waals surface area contributed by atoms with Crippen molar-refractivity contribution in [2.24, 2.45) is 11.3 Å².